The molecular weight excluding hydrogens is 207 g/mol. The molecule has 0 aliphatic heterocycles. The standard InChI is InChI=1S/C12H13FN2O/c1-9-2-3-11(12(13)6-9)10-7-14-15(8-10)4-5-16/h2-3,6-8,16H,4-5H2,1H3. The molecule has 1 heterocycles. The van der Waals surface area contributed by atoms with Crippen LogP contribution in [0.25, 0.3) is 11.1 Å². The summed E-state index contributed by atoms with van der Waals surface area (Å²) in [5, 5.41) is 12.8. The maximum atomic E-state index is 13.6. The van der Waals surface area contributed by atoms with Crippen LogP contribution in [0.2, 0.25) is 0 Å². The normalized spacial score (nSPS) is 10.7. The van der Waals surface area contributed by atoms with Gasteiger partial charge in [-0.25, -0.2) is 4.39 Å². The second kappa shape index (κ2) is 4.45. The Morgan fingerprint density at radius 3 is 2.94 bits per heavy atom. The second-order valence-electron chi connectivity index (χ2n) is 3.70. The van der Waals surface area contributed by atoms with Crippen LogP contribution in [-0.2, 0) is 6.54 Å². The number of aliphatic hydroxyl groups is 1. The quantitative estimate of drug-likeness (QED) is 0.859. The molecular formula is C12H13FN2O. The fourth-order valence-electron chi connectivity index (χ4n) is 1.58. The molecule has 0 unspecified atom stereocenters. The van der Waals surface area contributed by atoms with Gasteiger partial charge < -0.3 is 5.11 Å². The van der Waals surface area contributed by atoms with E-state index in [4.69, 9.17) is 5.11 Å². The Morgan fingerprint density at radius 2 is 2.25 bits per heavy atom. The first-order valence-electron chi connectivity index (χ1n) is 5.10. The minimum atomic E-state index is -0.247. The van der Waals surface area contributed by atoms with Gasteiger partial charge in [0.25, 0.3) is 0 Å². The van der Waals surface area contributed by atoms with Gasteiger partial charge in [0, 0.05) is 17.3 Å². The zero-order valence-electron chi connectivity index (χ0n) is 9.02. The number of aryl methyl sites for hydroxylation is 1. The summed E-state index contributed by atoms with van der Waals surface area (Å²) in [6.07, 6.45) is 3.33. The van der Waals surface area contributed by atoms with E-state index >= 15 is 0 Å². The molecule has 0 aliphatic rings. The van der Waals surface area contributed by atoms with Crippen molar-refractivity contribution in [1.29, 1.82) is 0 Å². The number of hydrogen-bond donors (Lipinski definition) is 1. The number of rotatable bonds is 3. The third-order valence-corrected chi connectivity index (χ3v) is 2.40. The Morgan fingerprint density at radius 1 is 1.44 bits per heavy atom. The van der Waals surface area contributed by atoms with E-state index in [1.54, 1.807) is 23.1 Å². The Kier molecular flexibility index (Phi) is 3.01. The zero-order valence-corrected chi connectivity index (χ0v) is 9.02. The molecule has 4 heteroatoms. The van der Waals surface area contributed by atoms with Crippen molar-refractivity contribution in [3.63, 3.8) is 0 Å². The van der Waals surface area contributed by atoms with Crippen molar-refractivity contribution >= 4 is 0 Å². The highest BCUT2D eigenvalue weighted by Gasteiger charge is 2.07. The largest absolute Gasteiger partial charge is 0.394 e. The summed E-state index contributed by atoms with van der Waals surface area (Å²) in [5.41, 5.74) is 2.16. The van der Waals surface area contributed by atoms with E-state index in [1.807, 2.05) is 13.0 Å². The predicted molar refractivity (Wildman–Crippen MR) is 59.4 cm³/mol. The number of aliphatic hydroxyl groups excluding tert-OH is 1. The third-order valence-electron chi connectivity index (χ3n) is 2.40. The minimum absolute atomic E-state index is 0.0253. The summed E-state index contributed by atoms with van der Waals surface area (Å²) in [6, 6.07) is 5.10. The lowest BCUT2D eigenvalue weighted by Crippen LogP contribution is -2.01. The van der Waals surface area contributed by atoms with E-state index in [1.165, 1.54) is 6.07 Å². The van der Waals surface area contributed by atoms with E-state index in [0.717, 1.165) is 11.1 Å². The molecule has 2 aromatic rings. The lowest BCUT2D eigenvalue weighted by molar-refractivity contribution is 0.269. The molecule has 0 atom stereocenters. The van der Waals surface area contributed by atoms with Gasteiger partial charge in [0.15, 0.2) is 0 Å². The molecule has 0 spiro atoms. The molecule has 0 bridgehead atoms. The predicted octanol–water partition coefficient (Wildman–Crippen LogP) is 1.99. The molecule has 0 fully saturated rings. The molecule has 0 radical (unpaired) electrons. The van der Waals surface area contributed by atoms with Crippen LogP contribution in [0.4, 0.5) is 4.39 Å². The zero-order chi connectivity index (χ0) is 11.5. The summed E-state index contributed by atoms with van der Waals surface area (Å²) >= 11 is 0. The van der Waals surface area contributed by atoms with Gasteiger partial charge in [-0.05, 0) is 18.6 Å². The smallest absolute Gasteiger partial charge is 0.131 e. The highest BCUT2D eigenvalue weighted by atomic mass is 19.1. The summed E-state index contributed by atoms with van der Waals surface area (Å²) in [4.78, 5) is 0. The number of halogens is 1. The Hall–Kier alpha value is -1.68. The lowest BCUT2D eigenvalue weighted by Gasteiger charge is -2.00. The van der Waals surface area contributed by atoms with Crippen molar-refractivity contribution in [2.45, 2.75) is 13.5 Å². The van der Waals surface area contributed by atoms with Crippen LogP contribution >= 0.6 is 0 Å². The van der Waals surface area contributed by atoms with Gasteiger partial charge >= 0.3 is 0 Å². The lowest BCUT2D eigenvalue weighted by atomic mass is 10.1. The van der Waals surface area contributed by atoms with Crippen molar-refractivity contribution in [2.24, 2.45) is 0 Å². The second-order valence-corrected chi connectivity index (χ2v) is 3.70. The first kappa shape index (κ1) is 10.8. The van der Waals surface area contributed by atoms with Crippen LogP contribution in [0.3, 0.4) is 0 Å². The summed E-state index contributed by atoms with van der Waals surface area (Å²) in [6.45, 7) is 2.30. The first-order chi connectivity index (χ1) is 7.70. The molecule has 1 aromatic heterocycles. The van der Waals surface area contributed by atoms with E-state index in [2.05, 4.69) is 5.10 Å². The first-order valence-corrected chi connectivity index (χ1v) is 5.10. The molecule has 1 aromatic carbocycles. The van der Waals surface area contributed by atoms with E-state index in [9.17, 15) is 4.39 Å². The summed E-state index contributed by atoms with van der Waals surface area (Å²) in [7, 11) is 0. The van der Waals surface area contributed by atoms with Crippen LogP contribution in [-0.4, -0.2) is 21.5 Å². The van der Waals surface area contributed by atoms with Crippen molar-refractivity contribution in [3.8, 4) is 11.1 Å². The van der Waals surface area contributed by atoms with E-state index in [0.29, 0.717) is 12.1 Å². The molecule has 3 nitrogen and oxygen atoms in total. The van der Waals surface area contributed by atoms with Crippen molar-refractivity contribution in [1.82, 2.24) is 9.78 Å². The number of benzene rings is 1. The van der Waals surface area contributed by atoms with Crippen molar-refractivity contribution in [3.05, 3.63) is 42.0 Å². The SMILES string of the molecule is Cc1ccc(-c2cnn(CCO)c2)c(F)c1. The molecule has 0 aliphatic carbocycles. The molecule has 0 saturated heterocycles. The molecule has 0 saturated carbocycles. The maximum Gasteiger partial charge on any atom is 0.131 e. The Labute approximate surface area is 93.2 Å². The van der Waals surface area contributed by atoms with Gasteiger partial charge in [0.1, 0.15) is 5.82 Å². The van der Waals surface area contributed by atoms with Crippen LogP contribution < -0.4 is 0 Å². The molecule has 16 heavy (non-hydrogen) atoms. The Bertz CT molecular complexity index is 494. The molecule has 1 N–H and O–H groups in total. The number of hydrogen-bond acceptors (Lipinski definition) is 2. The molecule has 2 rings (SSSR count). The number of aromatic nitrogens is 2. The van der Waals surface area contributed by atoms with Gasteiger partial charge in [0.2, 0.25) is 0 Å². The molecule has 84 valence electrons. The molecule has 0 amide bonds. The van der Waals surface area contributed by atoms with Crippen molar-refractivity contribution < 1.29 is 9.50 Å². The van der Waals surface area contributed by atoms with Crippen LogP contribution in [0, 0.1) is 12.7 Å². The van der Waals surface area contributed by atoms with E-state index in [-0.39, 0.29) is 12.4 Å². The fraction of sp³-hybridized carbons (Fsp3) is 0.250. The fourth-order valence-corrected chi connectivity index (χ4v) is 1.58. The van der Waals surface area contributed by atoms with Crippen LogP contribution in [0.5, 0.6) is 0 Å². The van der Waals surface area contributed by atoms with Gasteiger partial charge in [-0.3, -0.25) is 4.68 Å². The Balaban J connectivity index is 2.35. The number of nitrogens with zero attached hydrogens (tertiary/aromatic N) is 2. The minimum Gasteiger partial charge on any atom is -0.394 e. The topological polar surface area (TPSA) is 38.0 Å². The average molecular weight is 220 g/mol. The third kappa shape index (κ3) is 2.12. The van der Waals surface area contributed by atoms with Gasteiger partial charge in [-0.1, -0.05) is 12.1 Å². The van der Waals surface area contributed by atoms with Gasteiger partial charge in [-0.2, -0.15) is 5.10 Å². The van der Waals surface area contributed by atoms with Crippen LogP contribution in [0.15, 0.2) is 30.6 Å². The average Bonchev–Trinajstić information content (AvgIpc) is 2.67. The van der Waals surface area contributed by atoms with Gasteiger partial charge in [0.05, 0.1) is 19.3 Å². The highest BCUT2D eigenvalue weighted by Crippen LogP contribution is 2.22. The maximum absolute atomic E-state index is 13.6. The summed E-state index contributed by atoms with van der Waals surface area (Å²) < 4.78 is 15.2. The monoisotopic (exact) mass is 220 g/mol. The van der Waals surface area contributed by atoms with Gasteiger partial charge in [-0.15, -0.1) is 0 Å². The highest BCUT2D eigenvalue weighted by molar-refractivity contribution is 5.62. The summed E-state index contributed by atoms with van der Waals surface area (Å²) in [5.74, 6) is -0.247. The van der Waals surface area contributed by atoms with E-state index < -0.39 is 0 Å². The van der Waals surface area contributed by atoms with Crippen molar-refractivity contribution in [2.75, 3.05) is 6.61 Å². The van der Waals surface area contributed by atoms with Crippen LogP contribution in [0.1, 0.15) is 5.56 Å².